The van der Waals surface area contributed by atoms with Gasteiger partial charge in [0, 0.05) is 0 Å². The van der Waals surface area contributed by atoms with Crippen LogP contribution in [0.15, 0.2) is 0 Å². The molecule has 0 unspecified atom stereocenters. The number of hydrogen-bond acceptors (Lipinski definition) is 0. The second kappa shape index (κ2) is 4.53. The molecule has 1 heteroatoms. The minimum absolute atomic E-state index is 0. The van der Waals surface area contributed by atoms with Gasteiger partial charge in [0.15, 0.2) is 0 Å². The van der Waals surface area contributed by atoms with Crippen LogP contribution in [-0.2, 0) is 0 Å². The molecule has 0 fully saturated rings. The summed E-state index contributed by atoms with van der Waals surface area (Å²) in [5.41, 5.74) is 0. The van der Waals surface area contributed by atoms with Gasteiger partial charge in [-0.1, -0.05) is 0 Å². The topological polar surface area (TPSA) is 0 Å². The quantitative estimate of drug-likeness (QED) is 0.565. The van der Waals surface area contributed by atoms with Gasteiger partial charge in [-0.05, 0) is 0 Å². The summed E-state index contributed by atoms with van der Waals surface area (Å²) < 4.78 is 0.467. The van der Waals surface area contributed by atoms with Crippen molar-refractivity contribution >= 4 is 16.3 Å². The van der Waals surface area contributed by atoms with E-state index >= 15 is 0 Å². The molecule has 0 N–H and O–H groups in total. The molecule has 0 aromatic rings. The maximum absolute atomic E-state index is 3.07. The predicted octanol–water partition coefficient (Wildman–Crippen LogP) is 3.65. The maximum atomic E-state index is 3.07. The zero-order chi connectivity index (χ0) is 9.07. The van der Waals surface area contributed by atoms with Gasteiger partial charge in [0.05, 0.1) is 0 Å². The fraction of sp³-hybridized carbons (Fsp3) is 1.00. The molecule has 0 saturated heterocycles. The van der Waals surface area contributed by atoms with E-state index in [1.54, 1.807) is 0 Å². The van der Waals surface area contributed by atoms with E-state index in [4.69, 9.17) is 0 Å². The summed E-state index contributed by atoms with van der Waals surface area (Å²) >= 11 is 3.07. The molecular weight excluding hydrogens is 147 g/mol. The summed E-state index contributed by atoms with van der Waals surface area (Å²) in [6.07, 6.45) is 2.62. The summed E-state index contributed by atoms with van der Waals surface area (Å²) in [6, 6.07) is 0. The van der Waals surface area contributed by atoms with Crippen molar-refractivity contribution in [1.82, 2.24) is 0 Å². The Balaban J connectivity index is -0.000000500. The molecule has 0 amide bonds. The van der Waals surface area contributed by atoms with Crippen molar-refractivity contribution in [2.45, 2.75) is 51.7 Å². The van der Waals surface area contributed by atoms with Gasteiger partial charge in [-0.25, -0.2) is 0 Å². The number of rotatable bonds is 4. The zero-order valence-corrected chi connectivity index (χ0v) is 9.80. The average Bonchev–Trinajstić information content (AvgIpc) is 1.87. The van der Waals surface area contributed by atoms with Crippen LogP contribution < -0.4 is 0 Å². The van der Waals surface area contributed by atoms with Crippen LogP contribution in [0.2, 0.25) is 4.28 Å². The summed E-state index contributed by atoms with van der Waals surface area (Å²) in [7, 11) is 0. The van der Waals surface area contributed by atoms with Crippen LogP contribution in [0.25, 0.3) is 0 Å². The monoisotopic (exact) mass is 170 g/mol. The van der Waals surface area contributed by atoms with E-state index in [0.717, 1.165) is 11.8 Å². The molecule has 0 spiro atoms. The van der Waals surface area contributed by atoms with Crippen molar-refractivity contribution in [1.29, 1.82) is 0 Å². The molecule has 0 aliphatic heterocycles. The zero-order valence-electron chi connectivity index (χ0n) is 10.6. The van der Waals surface area contributed by atoms with Crippen LogP contribution in [-0.4, -0.2) is 16.3 Å². The number of hydrogen-bond donors (Lipinski definition) is 0. The molecule has 0 heterocycles. The second-order valence-electron chi connectivity index (χ2n) is 4.17. The molecule has 11 heavy (non-hydrogen) atoms. The largest absolute Gasteiger partial charge is 1.00 e. The van der Waals surface area contributed by atoms with Crippen LogP contribution in [0, 0.1) is 11.8 Å². The summed E-state index contributed by atoms with van der Waals surface area (Å²) in [5.74, 6) is 1.54. The normalized spacial score (nSPS) is 13.2. The van der Waals surface area contributed by atoms with Crippen molar-refractivity contribution in [3.8, 4) is 0 Å². The van der Waals surface area contributed by atoms with Gasteiger partial charge in [-0.15, -0.1) is 0 Å². The molecule has 0 aliphatic carbocycles. The van der Waals surface area contributed by atoms with Gasteiger partial charge < -0.3 is 2.85 Å². The fourth-order valence-electron chi connectivity index (χ4n) is 1.68. The van der Waals surface area contributed by atoms with E-state index in [0.29, 0.717) is 4.28 Å². The molecular formula is C10H23Al. The molecule has 0 rings (SSSR count). The van der Waals surface area contributed by atoms with Crippen LogP contribution >= 0.6 is 0 Å². The Labute approximate surface area is 83.2 Å². The Morgan fingerprint density at radius 1 is 1.18 bits per heavy atom. The SMILES string of the molecule is CCC[C]([Al+2])(C(C)C)C(C)C.[H-].[H-]. The molecule has 0 aliphatic rings. The van der Waals surface area contributed by atoms with E-state index in [1.807, 2.05) is 0 Å². The van der Waals surface area contributed by atoms with Gasteiger partial charge >= 0.3 is 79.9 Å². The predicted molar refractivity (Wildman–Crippen MR) is 55.3 cm³/mol. The average molecular weight is 170 g/mol. The first kappa shape index (κ1) is 11.5. The first-order valence-corrected chi connectivity index (χ1v) is 5.31. The van der Waals surface area contributed by atoms with E-state index in [1.165, 1.54) is 12.8 Å². The van der Waals surface area contributed by atoms with Crippen molar-refractivity contribution in [2.24, 2.45) is 11.8 Å². The smallest absolute Gasteiger partial charge is 1.00 e. The summed E-state index contributed by atoms with van der Waals surface area (Å²) in [6.45, 7) is 11.6. The molecule has 0 radical (unpaired) electrons. The molecule has 0 aromatic carbocycles. The van der Waals surface area contributed by atoms with Crippen molar-refractivity contribution in [3.05, 3.63) is 0 Å². The standard InChI is InChI=1S/C10H21.Al.2H/c1-6-7-10(8(2)3)9(4)5;;;/h8-9H,6-7H2,1-5H3;;;/q;+2;2*-1. The molecule has 0 saturated carbocycles. The Bertz CT molecular complexity index is 105. The van der Waals surface area contributed by atoms with Gasteiger partial charge in [-0.2, -0.15) is 0 Å². The Morgan fingerprint density at radius 2 is 1.55 bits per heavy atom. The maximum Gasteiger partial charge on any atom is -1.00 e. The Hall–Kier alpha value is 0.532. The van der Waals surface area contributed by atoms with Crippen molar-refractivity contribution in [2.75, 3.05) is 0 Å². The van der Waals surface area contributed by atoms with Crippen molar-refractivity contribution in [3.63, 3.8) is 0 Å². The first-order chi connectivity index (χ1) is 4.95. The van der Waals surface area contributed by atoms with Crippen LogP contribution in [0.1, 0.15) is 50.3 Å². The van der Waals surface area contributed by atoms with Gasteiger partial charge in [0.2, 0.25) is 0 Å². The third kappa shape index (κ3) is 2.81. The molecule has 66 valence electrons. The Morgan fingerprint density at radius 3 is 1.64 bits per heavy atom. The molecule has 0 nitrogen and oxygen atoms in total. The fourth-order valence-corrected chi connectivity index (χ4v) is 1.97. The minimum Gasteiger partial charge on any atom is -1.00 e. The third-order valence-electron chi connectivity index (χ3n) is 2.83. The van der Waals surface area contributed by atoms with Crippen LogP contribution in [0.3, 0.4) is 0 Å². The molecule has 0 atom stereocenters. The van der Waals surface area contributed by atoms with Crippen LogP contribution in [0.5, 0.6) is 0 Å². The minimum atomic E-state index is 0. The molecule has 0 bridgehead atoms. The Kier molecular flexibility index (Phi) is 4.75. The molecule has 0 aromatic heterocycles. The summed E-state index contributed by atoms with van der Waals surface area (Å²) in [4.78, 5) is 0. The van der Waals surface area contributed by atoms with Crippen LogP contribution in [0.4, 0.5) is 0 Å². The summed E-state index contributed by atoms with van der Waals surface area (Å²) in [5, 5.41) is 0. The van der Waals surface area contributed by atoms with E-state index in [-0.39, 0.29) is 2.85 Å². The van der Waals surface area contributed by atoms with E-state index in [2.05, 4.69) is 50.9 Å². The second-order valence-corrected chi connectivity index (χ2v) is 5.25. The van der Waals surface area contributed by atoms with E-state index in [9.17, 15) is 0 Å². The van der Waals surface area contributed by atoms with Gasteiger partial charge in [-0.3, -0.25) is 0 Å². The van der Waals surface area contributed by atoms with Gasteiger partial charge in [0.1, 0.15) is 0 Å². The van der Waals surface area contributed by atoms with E-state index < -0.39 is 0 Å². The van der Waals surface area contributed by atoms with Crippen molar-refractivity contribution < 1.29 is 2.85 Å². The van der Waals surface area contributed by atoms with Gasteiger partial charge in [0.25, 0.3) is 0 Å². The third-order valence-corrected chi connectivity index (χ3v) is 4.45. The first-order valence-electron chi connectivity index (χ1n) is 4.74.